The van der Waals surface area contributed by atoms with E-state index in [9.17, 15) is 4.79 Å². The number of nitrogens with zero attached hydrogens (tertiary/aromatic N) is 2. The summed E-state index contributed by atoms with van der Waals surface area (Å²) < 4.78 is 5.81. The maximum atomic E-state index is 13.1. The summed E-state index contributed by atoms with van der Waals surface area (Å²) in [5, 5.41) is 0. The fraction of sp³-hybridized carbons (Fsp3) is 0.455. The van der Waals surface area contributed by atoms with Gasteiger partial charge in [-0.25, -0.2) is 0 Å². The van der Waals surface area contributed by atoms with E-state index in [0.717, 1.165) is 30.5 Å². The third-order valence-corrected chi connectivity index (χ3v) is 5.70. The summed E-state index contributed by atoms with van der Waals surface area (Å²) in [4.78, 5) is 20.1. The number of rotatable bonds is 4. The molecule has 2 bridgehead atoms. The fourth-order valence-electron chi connectivity index (χ4n) is 4.42. The van der Waals surface area contributed by atoms with Crippen LogP contribution in [0.3, 0.4) is 0 Å². The molecule has 1 aromatic heterocycles. The Balaban J connectivity index is 1.51. The molecule has 2 unspecified atom stereocenters. The van der Waals surface area contributed by atoms with Crippen LogP contribution in [-0.4, -0.2) is 41.0 Å². The summed E-state index contributed by atoms with van der Waals surface area (Å²) in [6.07, 6.45) is 3.52. The number of hydrogen-bond donors (Lipinski definition) is 0. The molecule has 3 heterocycles. The predicted octanol–water partition coefficient (Wildman–Crippen LogP) is 3.56. The Morgan fingerprint density at radius 3 is 2.50 bits per heavy atom. The summed E-state index contributed by atoms with van der Waals surface area (Å²) in [7, 11) is 0. The number of carbonyl (C=O) groups excluding carboxylic acids is 1. The van der Waals surface area contributed by atoms with Crippen LogP contribution < -0.4 is 0 Å². The summed E-state index contributed by atoms with van der Waals surface area (Å²) in [6, 6.07) is 13.2. The molecule has 2 fully saturated rings. The number of hydrogen-bond acceptors (Lipinski definition) is 4. The number of morpholine rings is 1. The Kier molecular flexibility index (Phi) is 4.88. The lowest BCUT2D eigenvalue weighted by atomic mass is 9.80. The second-order valence-corrected chi connectivity index (χ2v) is 7.71. The van der Waals surface area contributed by atoms with Gasteiger partial charge in [-0.15, -0.1) is 0 Å². The van der Waals surface area contributed by atoms with E-state index in [0.29, 0.717) is 31.0 Å². The van der Waals surface area contributed by atoms with Crippen molar-refractivity contribution in [1.82, 2.24) is 9.88 Å². The summed E-state index contributed by atoms with van der Waals surface area (Å²) in [6.45, 7) is 6.36. The van der Waals surface area contributed by atoms with Crippen molar-refractivity contribution in [3.8, 4) is 0 Å². The first kappa shape index (κ1) is 17.4. The Morgan fingerprint density at radius 2 is 1.85 bits per heavy atom. The Morgan fingerprint density at radius 1 is 1.15 bits per heavy atom. The van der Waals surface area contributed by atoms with E-state index in [4.69, 9.17) is 4.74 Å². The molecule has 2 saturated heterocycles. The minimum Gasteiger partial charge on any atom is -0.378 e. The highest BCUT2D eigenvalue weighted by Gasteiger charge is 2.41. The molecule has 136 valence electrons. The smallest absolute Gasteiger partial charge is 0.184 e. The number of carbonyl (C=O) groups is 1. The first-order valence-electron chi connectivity index (χ1n) is 9.46. The lowest BCUT2D eigenvalue weighted by Gasteiger charge is -2.48. The van der Waals surface area contributed by atoms with Crippen LogP contribution in [0.4, 0.5) is 0 Å². The van der Waals surface area contributed by atoms with Crippen LogP contribution >= 0.6 is 0 Å². The van der Waals surface area contributed by atoms with Crippen LogP contribution in [0.2, 0.25) is 0 Å². The van der Waals surface area contributed by atoms with Crippen molar-refractivity contribution in [2.75, 3.05) is 13.2 Å². The van der Waals surface area contributed by atoms with E-state index in [1.807, 2.05) is 13.8 Å². The standard InChI is InChI=1S/C22H26N2O2/c1-15-8-16(2)21(23-11-15)22(25)18-9-19-13-26-14-20(10-18)24(19)12-17-6-4-3-5-7-17/h3-8,11,18-20H,9-10,12-14H2,1-2H3. The number of benzene rings is 1. The van der Waals surface area contributed by atoms with Crippen LogP contribution in [0.1, 0.15) is 40.0 Å². The highest BCUT2D eigenvalue weighted by atomic mass is 16.5. The van der Waals surface area contributed by atoms with Crippen molar-refractivity contribution in [3.63, 3.8) is 0 Å². The Hall–Kier alpha value is -2.04. The zero-order chi connectivity index (χ0) is 18.1. The molecule has 26 heavy (non-hydrogen) atoms. The molecule has 0 N–H and O–H groups in total. The molecule has 0 saturated carbocycles. The number of piperidine rings is 1. The summed E-state index contributed by atoms with van der Waals surface area (Å²) in [5.41, 5.74) is 4.06. The largest absolute Gasteiger partial charge is 0.378 e. The van der Waals surface area contributed by atoms with Crippen molar-refractivity contribution in [1.29, 1.82) is 0 Å². The normalized spacial score (nSPS) is 25.8. The van der Waals surface area contributed by atoms with Crippen molar-refractivity contribution in [2.24, 2.45) is 5.92 Å². The van der Waals surface area contributed by atoms with Gasteiger partial charge >= 0.3 is 0 Å². The monoisotopic (exact) mass is 350 g/mol. The quantitative estimate of drug-likeness (QED) is 0.791. The lowest BCUT2D eigenvalue weighted by molar-refractivity contribution is -0.0873. The van der Waals surface area contributed by atoms with Gasteiger partial charge in [0.15, 0.2) is 5.78 Å². The number of pyridine rings is 1. The van der Waals surface area contributed by atoms with E-state index in [-0.39, 0.29) is 11.7 Å². The molecular formula is C22H26N2O2. The van der Waals surface area contributed by atoms with E-state index < -0.39 is 0 Å². The van der Waals surface area contributed by atoms with Gasteiger partial charge < -0.3 is 4.74 Å². The van der Waals surface area contributed by atoms with E-state index in [2.05, 4.69) is 46.3 Å². The minimum absolute atomic E-state index is 0.0508. The van der Waals surface area contributed by atoms with Gasteiger partial charge in [0.25, 0.3) is 0 Å². The molecule has 0 aliphatic carbocycles. The molecule has 2 aliphatic heterocycles. The summed E-state index contributed by atoms with van der Waals surface area (Å²) in [5.74, 6) is 0.258. The summed E-state index contributed by atoms with van der Waals surface area (Å²) >= 11 is 0. The molecule has 2 aromatic rings. The van der Waals surface area contributed by atoms with Gasteiger partial charge in [-0.2, -0.15) is 0 Å². The van der Waals surface area contributed by atoms with Gasteiger partial charge in [0.05, 0.1) is 13.2 Å². The number of aromatic nitrogens is 1. The van der Waals surface area contributed by atoms with Crippen molar-refractivity contribution in [3.05, 3.63) is 65.0 Å². The van der Waals surface area contributed by atoms with Gasteiger partial charge in [0, 0.05) is 30.7 Å². The Bertz CT molecular complexity index is 776. The maximum absolute atomic E-state index is 13.1. The predicted molar refractivity (Wildman–Crippen MR) is 101 cm³/mol. The molecular weight excluding hydrogens is 324 g/mol. The molecule has 0 spiro atoms. The Labute approximate surface area is 155 Å². The van der Waals surface area contributed by atoms with Crippen molar-refractivity contribution < 1.29 is 9.53 Å². The first-order valence-corrected chi connectivity index (χ1v) is 9.46. The lowest BCUT2D eigenvalue weighted by Crippen LogP contribution is -2.57. The average Bonchev–Trinajstić information content (AvgIpc) is 2.62. The molecule has 4 nitrogen and oxygen atoms in total. The molecule has 2 aliphatic rings. The van der Waals surface area contributed by atoms with E-state index in [1.54, 1.807) is 6.20 Å². The van der Waals surface area contributed by atoms with Crippen molar-refractivity contribution in [2.45, 2.75) is 45.3 Å². The molecule has 4 heteroatoms. The van der Waals surface area contributed by atoms with Gasteiger partial charge in [-0.05, 0) is 43.4 Å². The molecule has 2 atom stereocenters. The third-order valence-electron chi connectivity index (χ3n) is 5.70. The zero-order valence-electron chi connectivity index (χ0n) is 15.5. The topological polar surface area (TPSA) is 42.4 Å². The number of fused-ring (bicyclic) bond motifs is 2. The number of ether oxygens (including phenoxy) is 1. The van der Waals surface area contributed by atoms with Crippen LogP contribution in [0.5, 0.6) is 0 Å². The van der Waals surface area contributed by atoms with Gasteiger partial charge in [-0.3, -0.25) is 14.7 Å². The number of ketones is 1. The van der Waals surface area contributed by atoms with Crippen LogP contribution in [0.15, 0.2) is 42.6 Å². The highest BCUT2D eigenvalue weighted by Crippen LogP contribution is 2.34. The molecule has 1 aromatic carbocycles. The average molecular weight is 350 g/mol. The van der Waals surface area contributed by atoms with Gasteiger partial charge in [0.2, 0.25) is 0 Å². The third kappa shape index (κ3) is 3.44. The van der Waals surface area contributed by atoms with Crippen LogP contribution in [0, 0.1) is 19.8 Å². The van der Waals surface area contributed by atoms with E-state index in [1.165, 1.54) is 5.56 Å². The molecule has 0 amide bonds. The highest BCUT2D eigenvalue weighted by molar-refractivity contribution is 5.97. The zero-order valence-corrected chi connectivity index (χ0v) is 15.5. The second kappa shape index (κ2) is 7.29. The molecule has 0 radical (unpaired) electrons. The van der Waals surface area contributed by atoms with Gasteiger partial charge in [0.1, 0.15) is 5.69 Å². The number of Topliss-reactive ketones (excluding diaryl/α,β-unsaturated/α-hetero) is 1. The first-order chi connectivity index (χ1) is 12.6. The van der Waals surface area contributed by atoms with Crippen molar-refractivity contribution >= 4 is 5.78 Å². The van der Waals surface area contributed by atoms with Crippen LogP contribution in [0.25, 0.3) is 0 Å². The van der Waals surface area contributed by atoms with E-state index >= 15 is 0 Å². The fourth-order valence-corrected chi connectivity index (χ4v) is 4.42. The minimum atomic E-state index is 0.0508. The van der Waals surface area contributed by atoms with Crippen LogP contribution in [-0.2, 0) is 11.3 Å². The maximum Gasteiger partial charge on any atom is 0.184 e. The SMILES string of the molecule is Cc1cnc(C(=O)C2CC3COCC(C2)N3Cc2ccccc2)c(C)c1. The second-order valence-electron chi connectivity index (χ2n) is 7.71. The number of aryl methyl sites for hydroxylation is 2. The van der Waals surface area contributed by atoms with Gasteiger partial charge in [-0.1, -0.05) is 36.4 Å². The molecule has 4 rings (SSSR count).